The summed E-state index contributed by atoms with van der Waals surface area (Å²) in [5.74, 6) is -0.0416. The molecule has 2 aromatic carbocycles. The van der Waals surface area contributed by atoms with Crippen LogP contribution in [0.25, 0.3) is 10.9 Å². The van der Waals surface area contributed by atoms with Gasteiger partial charge in [0.15, 0.2) is 0 Å². The highest BCUT2D eigenvalue weighted by molar-refractivity contribution is 5.86. The van der Waals surface area contributed by atoms with E-state index >= 15 is 0 Å². The van der Waals surface area contributed by atoms with Crippen molar-refractivity contribution >= 4 is 10.9 Å². The SMILES string of the molecule is C=C(O)[C@@H]1Cc2c(n(Cc3ccc(F)cc3)c3ccccc23)CN1. The Morgan fingerprint density at radius 3 is 2.71 bits per heavy atom. The van der Waals surface area contributed by atoms with Crippen molar-refractivity contribution in [3.05, 3.63) is 83.5 Å². The van der Waals surface area contributed by atoms with Gasteiger partial charge in [0.25, 0.3) is 0 Å². The van der Waals surface area contributed by atoms with Crippen molar-refractivity contribution in [2.75, 3.05) is 0 Å². The number of hydrogen-bond donors (Lipinski definition) is 2. The van der Waals surface area contributed by atoms with Crippen molar-refractivity contribution in [1.29, 1.82) is 0 Å². The minimum absolute atomic E-state index is 0.109. The smallest absolute Gasteiger partial charge is 0.123 e. The van der Waals surface area contributed by atoms with Crippen LogP contribution < -0.4 is 5.32 Å². The number of aliphatic hydroxyl groups is 1. The first kappa shape index (κ1) is 15.0. The molecule has 1 aliphatic heterocycles. The molecule has 3 nitrogen and oxygen atoms in total. The molecule has 0 amide bonds. The predicted octanol–water partition coefficient (Wildman–Crippen LogP) is 3.91. The number of aromatic nitrogens is 1. The summed E-state index contributed by atoms with van der Waals surface area (Å²) in [5, 5.41) is 14.3. The number of hydrogen-bond acceptors (Lipinski definition) is 2. The maximum Gasteiger partial charge on any atom is 0.123 e. The molecular weight excluding hydrogens is 303 g/mol. The largest absolute Gasteiger partial charge is 0.511 e. The van der Waals surface area contributed by atoms with Crippen LogP contribution in [0.4, 0.5) is 4.39 Å². The van der Waals surface area contributed by atoms with E-state index in [1.807, 2.05) is 24.3 Å². The average molecular weight is 322 g/mol. The maximum absolute atomic E-state index is 13.2. The predicted molar refractivity (Wildman–Crippen MR) is 93.5 cm³/mol. The normalized spacial score (nSPS) is 17.0. The molecule has 0 aliphatic carbocycles. The quantitative estimate of drug-likeness (QED) is 0.717. The third kappa shape index (κ3) is 2.49. The van der Waals surface area contributed by atoms with Gasteiger partial charge < -0.3 is 15.0 Å². The second-order valence-electron chi connectivity index (χ2n) is 6.28. The molecule has 2 heterocycles. The number of nitrogens with zero attached hydrogens (tertiary/aromatic N) is 1. The van der Waals surface area contributed by atoms with Crippen LogP contribution in [0.2, 0.25) is 0 Å². The minimum atomic E-state index is -0.218. The van der Waals surface area contributed by atoms with Crippen LogP contribution in [0.15, 0.2) is 60.9 Å². The average Bonchev–Trinajstić information content (AvgIpc) is 2.90. The van der Waals surface area contributed by atoms with Crippen molar-refractivity contribution in [2.45, 2.75) is 25.6 Å². The molecule has 0 saturated carbocycles. The zero-order valence-electron chi connectivity index (χ0n) is 13.3. The molecule has 1 atom stereocenters. The van der Waals surface area contributed by atoms with Gasteiger partial charge in [0.1, 0.15) is 11.6 Å². The number of fused-ring (bicyclic) bond motifs is 3. The van der Waals surface area contributed by atoms with Crippen molar-refractivity contribution in [3.8, 4) is 0 Å². The minimum Gasteiger partial charge on any atom is -0.511 e. The molecule has 0 radical (unpaired) electrons. The second-order valence-corrected chi connectivity index (χ2v) is 6.28. The van der Waals surface area contributed by atoms with E-state index in [0.29, 0.717) is 13.1 Å². The van der Waals surface area contributed by atoms with E-state index in [1.54, 1.807) is 0 Å². The first-order chi connectivity index (χ1) is 11.6. The van der Waals surface area contributed by atoms with Crippen LogP contribution >= 0.6 is 0 Å². The fourth-order valence-corrected chi connectivity index (χ4v) is 3.54. The van der Waals surface area contributed by atoms with E-state index in [0.717, 1.165) is 17.5 Å². The molecule has 122 valence electrons. The fourth-order valence-electron chi connectivity index (χ4n) is 3.54. The van der Waals surface area contributed by atoms with E-state index < -0.39 is 0 Å². The lowest BCUT2D eigenvalue weighted by atomic mass is 9.98. The summed E-state index contributed by atoms with van der Waals surface area (Å²) < 4.78 is 15.4. The van der Waals surface area contributed by atoms with E-state index in [-0.39, 0.29) is 17.6 Å². The summed E-state index contributed by atoms with van der Waals surface area (Å²) in [6, 6.07) is 14.8. The Bertz CT molecular complexity index is 911. The highest BCUT2D eigenvalue weighted by Crippen LogP contribution is 2.31. The number of halogens is 1. The Balaban J connectivity index is 1.81. The standard InChI is InChI=1S/C20H19FN2O/c1-13(24)18-10-17-16-4-2-3-5-19(16)23(20(17)11-22-18)12-14-6-8-15(21)9-7-14/h2-9,18,22,24H,1,10-12H2/t18-/m0/s1. The van der Waals surface area contributed by atoms with Crippen LogP contribution in [0, 0.1) is 5.82 Å². The van der Waals surface area contributed by atoms with Gasteiger partial charge >= 0.3 is 0 Å². The van der Waals surface area contributed by atoms with Crippen LogP contribution in [0.5, 0.6) is 0 Å². The molecule has 24 heavy (non-hydrogen) atoms. The fraction of sp³-hybridized carbons (Fsp3) is 0.200. The zero-order valence-corrected chi connectivity index (χ0v) is 13.3. The van der Waals surface area contributed by atoms with E-state index in [4.69, 9.17) is 0 Å². The number of para-hydroxylation sites is 1. The lowest BCUT2D eigenvalue weighted by Crippen LogP contribution is -2.37. The highest BCUT2D eigenvalue weighted by atomic mass is 19.1. The molecular formula is C20H19FN2O. The third-order valence-corrected chi connectivity index (χ3v) is 4.77. The van der Waals surface area contributed by atoms with E-state index in [2.05, 4.69) is 28.6 Å². The Morgan fingerprint density at radius 2 is 1.96 bits per heavy atom. The summed E-state index contributed by atoms with van der Waals surface area (Å²) in [4.78, 5) is 0. The van der Waals surface area contributed by atoms with Gasteiger partial charge in [-0.05, 0) is 35.7 Å². The molecule has 2 N–H and O–H groups in total. The zero-order chi connectivity index (χ0) is 16.7. The summed E-state index contributed by atoms with van der Waals surface area (Å²) in [5.41, 5.74) is 4.70. The highest BCUT2D eigenvalue weighted by Gasteiger charge is 2.26. The lowest BCUT2D eigenvalue weighted by Gasteiger charge is -2.25. The molecule has 3 aromatic rings. The summed E-state index contributed by atoms with van der Waals surface area (Å²) in [7, 11) is 0. The van der Waals surface area contributed by atoms with Crippen LogP contribution in [-0.4, -0.2) is 15.7 Å². The first-order valence-corrected chi connectivity index (χ1v) is 8.08. The van der Waals surface area contributed by atoms with Crippen molar-refractivity contribution in [3.63, 3.8) is 0 Å². The number of benzene rings is 2. The van der Waals surface area contributed by atoms with Crippen LogP contribution in [0.3, 0.4) is 0 Å². The van der Waals surface area contributed by atoms with Crippen molar-refractivity contribution < 1.29 is 9.50 Å². The van der Waals surface area contributed by atoms with E-state index in [9.17, 15) is 9.50 Å². The summed E-state index contributed by atoms with van der Waals surface area (Å²) >= 11 is 0. The molecule has 0 bridgehead atoms. The van der Waals surface area contributed by atoms with E-state index in [1.165, 1.54) is 28.8 Å². The first-order valence-electron chi connectivity index (χ1n) is 8.08. The molecule has 0 fully saturated rings. The summed E-state index contributed by atoms with van der Waals surface area (Å²) in [6.07, 6.45) is 0.724. The second kappa shape index (κ2) is 5.80. The molecule has 4 rings (SSSR count). The monoisotopic (exact) mass is 322 g/mol. The van der Waals surface area contributed by atoms with Crippen LogP contribution in [0.1, 0.15) is 16.8 Å². The number of rotatable bonds is 3. The molecule has 1 aromatic heterocycles. The van der Waals surface area contributed by atoms with Gasteiger partial charge in [-0.3, -0.25) is 0 Å². The molecule has 1 aliphatic rings. The van der Waals surface area contributed by atoms with Gasteiger partial charge in [-0.2, -0.15) is 0 Å². The number of nitrogens with one attached hydrogen (secondary N) is 1. The van der Waals surface area contributed by atoms with Gasteiger partial charge in [0, 0.05) is 29.7 Å². The van der Waals surface area contributed by atoms with Crippen LogP contribution in [-0.2, 0) is 19.5 Å². The van der Waals surface area contributed by atoms with Gasteiger partial charge in [0.05, 0.1) is 6.04 Å². The van der Waals surface area contributed by atoms with Gasteiger partial charge in [-0.15, -0.1) is 0 Å². The summed E-state index contributed by atoms with van der Waals surface area (Å²) in [6.45, 7) is 5.04. The Morgan fingerprint density at radius 1 is 1.21 bits per heavy atom. The van der Waals surface area contributed by atoms with Gasteiger partial charge in [-0.25, -0.2) is 4.39 Å². The van der Waals surface area contributed by atoms with Gasteiger partial charge in [0.2, 0.25) is 0 Å². The van der Waals surface area contributed by atoms with Gasteiger partial charge in [-0.1, -0.05) is 36.9 Å². The number of aliphatic hydroxyl groups excluding tert-OH is 1. The lowest BCUT2D eigenvalue weighted by molar-refractivity contribution is 0.330. The topological polar surface area (TPSA) is 37.2 Å². The van der Waals surface area contributed by atoms with Crippen molar-refractivity contribution in [1.82, 2.24) is 9.88 Å². The molecule has 0 saturated heterocycles. The maximum atomic E-state index is 13.2. The molecule has 4 heteroatoms. The molecule has 0 spiro atoms. The van der Waals surface area contributed by atoms with Crippen molar-refractivity contribution in [2.24, 2.45) is 0 Å². The third-order valence-electron chi connectivity index (χ3n) is 4.77. The molecule has 0 unspecified atom stereocenters. The Hall–Kier alpha value is -2.59. The Kier molecular flexibility index (Phi) is 3.62. The Labute approximate surface area is 140 Å².